The Morgan fingerprint density at radius 1 is 1.41 bits per heavy atom. The van der Waals surface area contributed by atoms with Crippen LogP contribution in [-0.2, 0) is 13.2 Å². The third-order valence-electron chi connectivity index (χ3n) is 2.48. The van der Waals surface area contributed by atoms with Crippen molar-refractivity contribution >= 4 is 21.7 Å². The Balaban J connectivity index is 2.07. The van der Waals surface area contributed by atoms with Crippen molar-refractivity contribution in [2.75, 3.05) is 5.73 Å². The average Bonchev–Trinajstić information content (AvgIpc) is 2.69. The third-order valence-corrected chi connectivity index (χ3v) is 3.13. The van der Waals surface area contributed by atoms with Gasteiger partial charge in [-0.15, -0.1) is 0 Å². The van der Waals surface area contributed by atoms with Gasteiger partial charge in [-0.1, -0.05) is 12.1 Å². The largest absolute Gasteiger partial charge is 0.488 e. The lowest BCUT2D eigenvalue weighted by atomic mass is 10.3. The molecule has 90 valence electrons. The molecule has 4 nitrogen and oxygen atoms in total. The first-order chi connectivity index (χ1) is 8.22. The number of hydrogen-bond acceptors (Lipinski definition) is 3. The van der Waals surface area contributed by atoms with Crippen molar-refractivity contribution in [3.63, 3.8) is 0 Å². The summed E-state index contributed by atoms with van der Waals surface area (Å²) in [6, 6.07) is 7.72. The Hall–Kier alpha value is -1.49. The molecule has 2 aromatic rings. The minimum Gasteiger partial charge on any atom is -0.488 e. The van der Waals surface area contributed by atoms with Gasteiger partial charge in [-0.2, -0.15) is 5.10 Å². The molecule has 1 aromatic carbocycles. The number of aryl methyl sites for hydroxylation is 1. The molecule has 2 N–H and O–H groups in total. The van der Waals surface area contributed by atoms with Crippen LogP contribution in [-0.4, -0.2) is 9.78 Å². The van der Waals surface area contributed by atoms with E-state index in [1.165, 1.54) is 0 Å². The van der Waals surface area contributed by atoms with E-state index in [4.69, 9.17) is 10.5 Å². The highest BCUT2D eigenvalue weighted by molar-refractivity contribution is 9.10. The highest BCUT2D eigenvalue weighted by atomic mass is 79.9. The van der Waals surface area contributed by atoms with Gasteiger partial charge in [0.25, 0.3) is 0 Å². The Morgan fingerprint density at radius 2 is 2.18 bits per heavy atom. The van der Waals surface area contributed by atoms with Crippen molar-refractivity contribution in [1.29, 1.82) is 0 Å². The maximum Gasteiger partial charge on any atom is 0.133 e. The highest BCUT2D eigenvalue weighted by Gasteiger charge is 2.07. The number of rotatable bonds is 4. The molecule has 0 aliphatic heterocycles. The second-order valence-electron chi connectivity index (χ2n) is 3.59. The van der Waals surface area contributed by atoms with Gasteiger partial charge in [0, 0.05) is 6.54 Å². The standard InChI is InChI=1S/C12H14BrN3O/c1-2-16-12(14)9(7-15-16)8-17-11-6-4-3-5-10(11)13/h3-7H,2,8,14H2,1H3. The Labute approximate surface area is 109 Å². The molecule has 0 radical (unpaired) electrons. The fraction of sp³-hybridized carbons (Fsp3) is 0.250. The van der Waals surface area contributed by atoms with Crippen LogP contribution in [0, 0.1) is 0 Å². The third kappa shape index (κ3) is 2.61. The fourth-order valence-corrected chi connectivity index (χ4v) is 1.91. The first-order valence-corrected chi connectivity index (χ1v) is 6.19. The summed E-state index contributed by atoms with van der Waals surface area (Å²) in [5.41, 5.74) is 6.83. The van der Waals surface area contributed by atoms with E-state index in [9.17, 15) is 0 Å². The summed E-state index contributed by atoms with van der Waals surface area (Å²) >= 11 is 3.43. The normalized spacial score (nSPS) is 10.5. The number of aromatic nitrogens is 2. The van der Waals surface area contributed by atoms with Crippen LogP contribution in [0.3, 0.4) is 0 Å². The van der Waals surface area contributed by atoms with Gasteiger partial charge < -0.3 is 10.5 Å². The summed E-state index contributed by atoms with van der Waals surface area (Å²) < 4.78 is 8.36. The fourth-order valence-electron chi connectivity index (χ4n) is 1.51. The van der Waals surface area contributed by atoms with Crippen LogP contribution in [0.15, 0.2) is 34.9 Å². The van der Waals surface area contributed by atoms with E-state index in [0.717, 1.165) is 22.3 Å². The topological polar surface area (TPSA) is 53.1 Å². The molecule has 0 saturated heterocycles. The van der Waals surface area contributed by atoms with Gasteiger partial charge in [-0.3, -0.25) is 4.68 Å². The number of halogens is 1. The van der Waals surface area contributed by atoms with E-state index in [-0.39, 0.29) is 0 Å². The van der Waals surface area contributed by atoms with Gasteiger partial charge in [0.2, 0.25) is 0 Å². The van der Waals surface area contributed by atoms with E-state index in [2.05, 4.69) is 21.0 Å². The number of ether oxygens (including phenoxy) is 1. The van der Waals surface area contributed by atoms with Gasteiger partial charge >= 0.3 is 0 Å². The molecule has 0 fully saturated rings. The minimum absolute atomic E-state index is 0.425. The molecular weight excluding hydrogens is 282 g/mol. The van der Waals surface area contributed by atoms with E-state index in [1.54, 1.807) is 10.9 Å². The number of benzene rings is 1. The van der Waals surface area contributed by atoms with Crippen LogP contribution in [0.2, 0.25) is 0 Å². The van der Waals surface area contributed by atoms with Crippen LogP contribution in [0.4, 0.5) is 5.82 Å². The van der Waals surface area contributed by atoms with Crippen molar-refractivity contribution in [2.24, 2.45) is 0 Å². The molecular formula is C12H14BrN3O. The maximum absolute atomic E-state index is 5.92. The van der Waals surface area contributed by atoms with Gasteiger partial charge in [0.1, 0.15) is 18.2 Å². The summed E-state index contributed by atoms with van der Waals surface area (Å²) in [6.45, 7) is 3.19. The summed E-state index contributed by atoms with van der Waals surface area (Å²) in [4.78, 5) is 0. The van der Waals surface area contributed by atoms with Crippen LogP contribution < -0.4 is 10.5 Å². The molecule has 0 aliphatic rings. The Morgan fingerprint density at radius 3 is 2.82 bits per heavy atom. The lowest BCUT2D eigenvalue weighted by molar-refractivity contribution is 0.305. The van der Waals surface area contributed by atoms with E-state index >= 15 is 0 Å². The van der Waals surface area contributed by atoms with E-state index in [1.807, 2.05) is 31.2 Å². The summed E-state index contributed by atoms with van der Waals surface area (Å²) in [6.07, 6.45) is 1.75. The molecule has 0 saturated carbocycles. The monoisotopic (exact) mass is 295 g/mol. The van der Waals surface area contributed by atoms with Crippen LogP contribution in [0.25, 0.3) is 0 Å². The zero-order chi connectivity index (χ0) is 12.3. The molecule has 0 amide bonds. The SMILES string of the molecule is CCn1ncc(COc2ccccc2Br)c1N. The Bertz CT molecular complexity index is 510. The van der Waals surface area contributed by atoms with Crippen molar-refractivity contribution < 1.29 is 4.74 Å². The lowest BCUT2D eigenvalue weighted by Crippen LogP contribution is -2.04. The van der Waals surface area contributed by atoms with Crippen LogP contribution in [0.5, 0.6) is 5.75 Å². The second kappa shape index (κ2) is 5.23. The molecule has 0 bridgehead atoms. The zero-order valence-corrected chi connectivity index (χ0v) is 11.1. The smallest absolute Gasteiger partial charge is 0.133 e. The molecule has 1 heterocycles. The van der Waals surface area contributed by atoms with Crippen molar-refractivity contribution in [1.82, 2.24) is 9.78 Å². The molecule has 17 heavy (non-hydrogen) atoms. The maximum atomic E-state index is 5.92. The summed E-state index contributed by atoms with van der Waals surface area (Å²) in [5, 5.41) is 4.17. The average molecular weight is 296 g/mol. The number of anilines is 1. The first kappa shape index (κ1) is 12.0. The highest BCUT2D eigenvalue weighted by Crippen LogP contribution is 2.25. The van der Waals surface area contributed by atoms with Gasteiger partial charge in [-0.25, -0.2) is 0 Å². The van der Waals surface area contributed by atoms with E-state index < -0.39 is 0 Å². The van der Waals surface area contributed by atoms with Gasteiger partial charge in [0.15, 0.2) is 0 Å². The molecule has 2 rings (SSSR count). The number of nitrogens with zero attached hydrogens (tertiary/aromatic N) is 2. The van der Waals surface area contributed by atoms with Gasteiger partial charge in [0.05, 0.1) is 16.2 Å². The molecule has 5 heteroatoms. The van der Waals surface area contributed by atoms with Crippen molar-refractivity contribution in [2.45, 2.75) is 20.1 Å². The minimum atomic E-state index is 0.425. The quantitative estimate of drug-likeness (QED) is 0.944. The zero-order valence-electron chi connectivity index (χ0n) is 9.56. The van der Waals surface area contributed by atoms with Crippen LogP contribution in [0.1, 0.15) is 12.5 Å². The van der Waals surface area contributed by atoms with E-state index in [0.29, 0.717) is 12.4 Å². The lowest BCUT2D eigenvalue weighted by Gasteiger charge is -2.07. The summed E-state index contributed by atoms with van der Waals surface area (Å²) in [5.74, 6) is 1.47. The predicted molar refractivity (Wildman–Crippen MR) is 70.8 cm³/mol. The number of nitrogen functional groups attached to an aromatic ring is 1. The van der Waals surface area contributed by atoms with Crippen molar-refractivity contribution in [3.05, 3.63) is 40.5 Å². The first-order valence-electron chi connectivity index (χ1n) is 5.40. The number of hydrogen-bond donors (Lipinski definition) is 1. The van der Waals surface area contributed by atoms with Gasteiger partial charge in [-0.05, 0) is 35.0 Å². The molecule has 0 atom stereocenters. The van der Waals surface area contributed by atoms with Crippen LogP contribution >= 0.6 is 15.9 Å². The molecule has 0 unspecified atom stereocenters. The predicted octanol–water partition coefficient (Wildman–Crippen LogP) is 2.83. The number of para-hydroxylation sites is 1. The summed E-state index contributed by atoms with van der Waals surface area (Å²) in [7, 11) is 0. The number of nitrogens with two attached hydrogens (primary N) is 1. The molecule has 0 aliphatic carbocycles. The second-order valence-corrected chi connectivity index (χ2v) is 4.44. The van der Waals surface area contributed by atoms with Crippen molar-refractivity contribution in [3.8, 4) is 5.75 Å². The molecule has 1 aromatic heterocycles. The Kier molecular flexibility index (Phi) is 3.68. The molecule has 0 spiro atoms.